The topological polar surface area (TPSA) is 88.8 Å². The average Bonchev–Trinajstić information content (AvgIpc) is 3.20. The van der Waals surface area contributed by atoms with Gasteiger partial charge in [0.25, 0.3) is 0 Å². The van der Waals surface area contributed by atoms with Crippen LogP contribution >= 0.6 is 0 Å². The van der Waals surface area contributed by atoms with E-state index in [0.29, 0.717) is 43.7 Å². The lowest BCUT2D eigenvalue weighted by atomic mass is 9.94. The Bertz CT molecular complexity index is 752. The van der Waals surface area contributed by atoms with E-state index in [4.69, 9.17) is 9.26 Å². The van der Waals surface area contributed by atoms with Crippen molar-refractivity contribution in [3.63, 3.8) is 0 Å². The second kappa shape index (κ2) is 7.95. The first-order valence-corrected chi connectivity index (χ1v) is 10.9. The summed E-state index contributed by atoms with van der Waals surface area (Å²) in [5.74, 6) is 2.36. The third-order valence-corrected chi connectivity index (χ3v) is 5.89. The lowest BCUT2D eigenvalue weighted by Gasteiger charge is -2.36. The van der Waals surface area contributed by atoms with Crippen LogP contribution in [0, 0.1) is 5.92 Å². The Morgan fingerprint density at radius 2 is 1.90 bits per heavy atom. The molecule has 2 unspecified atom stereocenters. The van der Waals surface area contributed by atoms with Crippen molar-refractivity contribution in [2.75, 3.05) is 19.6 Å². The van der Waals surface area contributed by atoms with Gasteiger partial charge in [0, 0.05) is 32.0 Å². The van der Waals surface area contributed by atoms with E-state index < -0.39 is 11.6 Å². The molecule has 160 valence electrons. The van der Waals surface area contributed by atoms with Crippen LogP contribution < -0.4 is 0 Å². The first-order chi connectivity index (χ1) is 13.8. The minimum absolute atomic E-state index is 0.0438. The number of nitrogens with zero attached hydrogens (tertiary/aromatic N) is 4. The van der Waals surface area contributed by atoms with Gasteiger partial charge in [-0.3, -0.25) is 9.69 Å². The Kier molecular flexibility index (Phi) is 5.53. The molecule has 3 heterocycles. The van der Waals surface area contributed by atoms with Crippen LogP contribution in [0.1, 0.15) is 76.9 Å². The van der Waals surface area contributed by atoms with E-state index in [0.717, 1.165) is 44.5 Å². The van der Waals surface area contributed by atoms with E-state index in [1.807, 2.05) is 25.7 Å². The summed E-state index contributed by atoms with van der Waals surface area (Å²) in [5, 5.41) is 4.09. The summed E-state index contributed by atoms with van der Waals surface area (Å²) in [6.07, 6.45) is 6.17. The van der Waals surface area contributed by atoms with Crippen molar-refractivity contribution in [1.82, 2.24) is 19.9 Å². The highest BCUT2D eigenvalue weighted by Crippen LogP contribution is 2.38. The lowest BCUT2D eigenvalue weighted by Crippen LogP contribution is -2.51. The number of hydrogen-bond acceptors (Lipinski definition) is 6. The molecule has 1 saturated carbocycles. The summed E-state index contributed by atoms with van der Waals surface area (Å²) in [6.45, 7) is 7.54. The third kappa shape index (κ3) is 4.90. The molecule has 0 radical (unpaired) electrons. The zero-order valence-electron chi connectivity index (χ0n) is 17.7. The first-order valence-electron chi connectivity index (χ1n) is 10.9. The number of aromatic nitrogens is 2. The summed E-state index contributed by atoms with van der Waals surface area (Å²) in [6, 6.07) is -0.409. The lowest BCUT2D eigenvalue weighted by molar-refractivity contribution is -0.137. The molecular weight excluding hydrogens is 372 g/mol. The van der Waals surface area contributed by atoms with Gasteiger partial charge in [-0.15, -0.1) is 0 Å². The highest BCUT2D eigenvalue weighted by atomic mass is 16.6. The average molecular weight is 405 g/mol. The van der Waals surface area contributed by atoms with E-state index in [2.05, 4.69) is 10.1 Å². The van der Waals surface area contributed by atoms with Crippen molar-refractivity contribution in [2.24, 2.45) is 5.92 Å². The van der Waals surface area contributed by atoms with Gasteiger partial charge in [0.2, 0.25) is 11.8 Å². The molecule has 1 aromatic rings. The molecule has 29 heavy (non-hydrogen) atoms. The number of hydrogen-bond donors (Lipinski definition) is 0. The van der Waals surface area contributed by atoms with Crippen LogP contribution in [0.3, 0.4) is 0 Å². The maximum atomic E-state index is 13.2. The fraction of sp³-hybridized carbons (Fsp3) is 0.810. The fourth-order valence-corrected chi connectivity index (χ4v) is 4.31. The van der Waals surface area contributed by atoms with Crippen LogP contribution in [-0.2, 0) is 16.0 Å². The predicted octanol–water partition coefficient (Wildman–Crippen LogP) is 3.13. The van der Waals surface area contributed by atoms with Crippen molar-refractivity contribution in [3.05, 3.63) is 11.7 Å². The normalized spacial score (nSPS) is 25.3. The molecule has 1 aromatic heterocycles. The third-order valence-electron chi connectivity index (χ3n) is 5.89. The zero-order chi connectivity index (χ0) is 20.6. The molecule has 1 aliphatic carbocycles. The molecule has 3 fully saturated rings. The predicted molar refractivity (Wildman–Crippen MR) is 105 cm³/mol. The Hall–Kier alpha value is -2.12. The number of piperidine rings is 1. The highest BCUT2D eigenvalue weighted by Gasteiger charge is 2.40. The zero-order valence-corrected chi connectivity index (χ0v) is 17.7. The van der Waals surface area contributed by atoms with E-state index in [1.165, 1.54) is 0 Å². The summed E-state index contributed by atoms with van der Waals surface area (Å²) < 4.78 is 10.9. The highest BCUT2D eigenvalue weighted by molar-refractivity contribution is 5.86. The van der Waals surface area contributed by atoms with Gasteiger partial charge in [0.15, 0.2) is 5.82 Å². The molecule has 2 atom stereocenters. The van der Waals surface area contributed by atoms with E-state index in [-0.39, 0.29) is 12.0 Å². The Morgan fingerprint density at radius 1 is 1.14 bits per heavy atom. The summed E-state index contributed by atoms with van der Waals surface area (Å²) >= 11 is 0. The van der Waals surface area contributed by atoms with Gasteiger partial charge in [-0.2, -0.15) is 4.98 Å². The number of ether oxygens (including phenoxy) is 1. The van der Waals surface area contributed by atoms with Crippen LogP contribution in [0.15, 0.2) is 4.52 Å². The largest absolute Gasteiger partial charge is 0.444 e. The monoisotopic (exact) mass is 404 g/mol. The molecular formula is C21H32N4O4. The molecule has 2 amide bonds. The van der Waals surface area contributed by atoms with Crippen molar-refractivity contribution in [1.29, 1.82) is 0 Å². The minimum atomic E-state index is -0.563. The molecule has 0 aromatic carbocycles. The summed E-state index contributed by atoms with van der Waals surface area (Å²) in [7, 11) is 0. The van der Waals surface area contributed by atoms with Crippen LogP contribution in [0.4, 0.5) is 4.79 Å². The van der Waals surface area contributed by atoms with E-state index in [1.54, 1.807) is 4.90 Å². The maximum Gasteiger partial charge on any atom is 0.410 e. The Morgan fingerprint density at radius 3 is 2.62 bits per heavy atom. The second-order valence-corrected chi connectivity index (χ2v) is 9.65. The Labute approximate surface area is 171 Å². The number of carbonyl (C=O) groups is 2. The number of carbonyl (C=O) groups excluding carboxylic acids is 2. The van der Waals surface area contributed by atoms with Crippen molar-refractivity contribution in [2.45, 2.75) is 83.3 Å². The molecule has 2 saturated heterocycles. The second-order valence-electron chi connectivity index (χ2n) is 9.65. The van der Waals surface area contributed by atoms with Gasteiger partial charge in [-0.05, 0) is 65.2 Å². The smallest absolute Gasteiger partial charge is 0.410 e. The maximum absolute atomic E-state index is 13.2. The van der Waals surface area contributed by atoms with Gasteiger partial charge in [-0.1, -0.05) is 5.16 Å². The molecule has 3 aliphatic rings. The summed E-state index contributed by atoms with van der Waals surface area (Å²) in [4.78, 5) is 33.8. The van der Waals surface area contributed by atoms with Crippen molar-refractivity contribution >= 4 is 12.0 Å². The molecule has 0 bridgehead atoms. The van der Waals surface area contributed by atoms with Gasteiger partial charge < -0.3 is 14.2 Å². The molecule has 8 nitrogen and oxygen atoms in total. The molecule has 8 heteroatoms. The molecule has 0 spiro atoms. The van der Waals surface area contributed by atoms with Crippen LogP contribution in [-0.4, -0.2) is 63.2 Å². The minimum Gasteiger partial charge on any atom is -0.444 e. The SMILES string of the molecule is CC(C)(C)OC(=O)N1CCCC1C(=O)N1CCCC(Cc2nc(C3CC3)no2)C1. The van der Waals surface area contributed by atoms with Crippen molar-refractivity contribution < 1.29 is 18.8 Å². The van der Waals surface area contributed by atoms with Gasteiger partial charge in [0.1, 0.15) is 11.6 Å². The van der Waals surface area contributed by atoms with Crippen LogP contribution in [0.2, 0.25) is 0 Å². The van der Waals surface area contributed by atoms with Crippen LogP contribution in [0.5, 0.6) is 0 Å². The number of likely N-dealkylation sites (tertiary alicyclic amines) is 2. The van der Waals surface area contributed by atoms with Gasteiger partial charge >= 0.3 is 6.09 Å². The molecule has 4 rings (SSSR count). The van der Waals surface area contributed by atoms with Crippen molar-refractivity contribution in [3.8, 4) is 0 Å². The summed E-state index contributed by atoms with van der Waals surface area (Å²) in [5.41, 5.74) is -0.563. The number of amides is 2. The molecule has 0 N–H and O–H groups in total. The van der Waals surface area contributed by atoms with Crippen LogP contribution in [0.25, 0.3) is 0 Å². The standard InChI is InChI=1S/C21H32N4O4/c1-21(2,3)28-20(27)25-11-5-7-16(25)19(26)24-10-4-6-14(13-24)12-17-22-18(23-29-17)15-8-9-15/h14-16H,4-13H2,1-3H3. The number of rotatable bonds is 4. The quantitative estimate of drug-likeness (QED) is 0.766. The fourth-order valence-electron chi connectivity index (χ4n) is 4.31. The van der Waals surface area contributed by atoms with E-state index >= 15 is 0 Å². The molecule has 2 aliphatic heterocycles. The first kappa shape index (κ1) is 20.2. The van der Waals surface area contributed by atoms with E-state index in [9.17, 15) is 9.59 Å². The van der Waals surface area contributed by atoms with Gasteiger partial charge in [0.05, 0.1) is 0 Å². The Balaban J connectivity index is 1.35. The van der Waals surface area contributed by atoms with Gasteiger partial charge in [-0.25, -0.2) is 4.79 Å².